The van der Waals surface area contributed by atoms with Crippen LogP contribution in [0.5, 0.6) is 0 Å². The Morgan fingerprint density at radius 2 is 2.06 bits per heavy atom. The fraction of sp³-hybridized carbons (Fsp3) is 0.929. The van der Waals surface area contributed by atoms with Gasteiger partial charge in [0.2, 0.25) is 5.91 Å². The summed E-state index contributed by atoms with van der Waals surface area (Å²) in [4.78, 5) is 14.6. The van der Waals surface area contributed by atoms with Crippen molar-refractivity contribution in [2.45, 2.75) is 57.9 Å². The summed E-state index contributed by atoms with van der Waals surface area (Å²) in [5, 5.41) is 0. The Kier molecular flexibility index (Phi) is 4.43. The van der Waals surface area contributed by atoms with Crippen LogP contribution in [0.25, 0.3) is 0 Å². The zero-order chi connectivity index (χ0) is 12.3. The minimum absolute atomic E-state index is 0.262. The number of hydrogen-bond donors (Lipinski definition) is 1. The van der Waals surface area contributed by atoms with E-state index in [4.69, 9.17) is 5.73 Å². The Morgan fingerprint density at radius 3 is 2.76 bits per heavy atom. The van der Waals surface area contributed by atoms with Crippen molar-refractivity contribution in [3.05, 3.63) is 0 Å². The number of nitrogens with zero attached hydrogens (tertiary/aromatic N) is 1. The van der Waals surface area contributed by atoms with E-state index in [2.05, 4.69) is 11.8 Å². The third kappa shape index (κ3) is 3.01. The van der Waals surface area contributed by atoms with Crippen LogP contribution in [0.2, 0.25) is 0 Å². The van der Waals surface area contributed by atoms with Crippen molar-refractivity contribution in [2.75, 3.05) is 13.1 Å². The molecule has 3 nitrogen and oxygen atoms in total. The van der Waals surface area contributed by atoms with Gasteiger partial charge in [-0.2, -0.15) is 0 Å². The minimum atomic E-state index is 0.262. The summed E-state index contributed by atoms with van der Waals surface area (Å²) in [5.41, 5.74) is 5.75. The second-order valence-corrected chi connectivity index (χ2v) is 5.84. The molecule has 2 rings (SSSR count). The number of likely N-dealkylation sites (tertiary alicyclic amines) is 1. The molecule has 0 aromatic carbocycles. The lowest BCUT2D eigenvalue weighted by Gasteiger charge is -2.38. The maximum absolute atomic E-state index is 12.5. The molecule has 0 spiro atoms. The first-order chi connectivity index (χ1) is 8.22. The van der Waals surface area contributed by atoms with E-state index in [0.29, 0.717) is 17.9 Å². The molecule has 0 radical (unpaired) electrons. The van der Waals surface area contributed by atoms with E-state index in [9.17, 15) is 4.79 Å². The van der Waals surface area contributed by atoms with Gasteiger partial charge in [-0.1, -0.05) is 6.42 Å². The van der Waals surface area contributed by atoms with Gasteiger partial charge in [-0.15, -0.1) is 0 Å². The molecule has 1 saturated heterocycles. The molecule has 2 fully saturated rings. The summed E-state index contributed by atoms with van der Waals surface area (Å²) in [7, 11) is 0. The van der Waals surface area contributed by atoms with Crippen LogP contribution in [0.15, 0.2) is 0 Å². The maximum atomic E-state index is 12.5. The zero-order valence-electron chi connectivity index (χ0n) is 11.0. The van der Waals surface area contributed by atoms with Crippen LogP contribution in [-0.2, 0) is 4.79 Å². The summed E-state index contributed by atoms with van der Waals surface area (Å²) in [6.45, 7) is 3.92. The van der Waals surface area contributed by atoms with E-state index in [1.807, 2.05) is 0 Å². The van der Waals surface area contributed by atoms with Gasteiger partial charge in [0.25, 0.3) is 0 Å². The summed E-state index contributed by atoms with van der Waals surface area (Å²) in [6, 6.07) is 0.453. The first-order valence-electron chi connectivity index (χ1n) is 7.23. The van der Waals surface area contributed by atoms with Crippen LogP contribution >= 0.6 is 0 Å². The molecule has 1 heterocycles. The summed E-state index contributed by atoms with van der Waals surface area (Å²) >= 11 is 0. The normalized spacial score (nSPS) is 34.7. The summed E-state index contributed by atoms with van der Waals surface area (Å²) < 4.78 is 0. The number of hydrogen-bond acceptors (Lipinski definition) is 2. The van der Waals surface area contributed by atoms with Crippen molar-refractivity contribution < 1.29 is 4.79 Å². The van der Waals surface area contributed by atoms with E-state index >= 15 is 0 Å². The molecule has 2 N–H and O–H groups in total. The van der Waals surface area contributed by atoms with E-state index < -0.39 is 0 Å². The van der Waals surface area contributed by atoms with E-state index in [1.54, 1.807) is 0 Å². The van der Waals surface area contributed by atoms with E-state index in [-0.39, 0.29) is 5.92 Å². The predicted octanol–water partition coefficient (Wildman–Crippen LogP) is 2.15. The Bertz CT molecular complexity index is 267. The topological polar surface area (TPSA) is 46.3 Å². The molecule has 1 aliphatic carbocycles. The molecule has 3 atom stereocenters. The van der Waals surface area contributed by atoms with E-state index in [0.717, 1.165) is 25.9 Å². The smallest absolute Gasteiger partial charge is 0.225 e. The lowest BCUT2D eigenvalue weighted by Crippen LogP contribution is -2.46. The van der Waals surface area contributed by atoms with Gasteiger partial charge >= 0.3 is 0 Å². The van der Waals surface area contributed by atoms with Crippen LogP contribution in [0.4, 0.5) is 0 Å². The first kappa shape index (κ1) is 12.9. The Morgan fingerprint density at radius 1 is 1.24 bits per heavy atom. The second kappa shape index (κ2) is 5.85. The van der Waals surface area contributed by atoms with Gasteiger partial charge in [-0.05, 0) is 57.9 Å². The Labute approximate surface area is 105 Å². The van der Waals surface area contributed by atoms with E-state index in [1.165, 1.54) is 32.1 Å². The molecule has 0 aromatic rings. The minimum Gasteiger partial charge on any atom is -0.340 e. The molecule has 1 saturated carbocycles. The second-order valence-electron chi connectivity index (χ2n) is 5.84. The zero-order valence-corrected chi connectivity index (χ0v) is 11.0. The molecular formula is C14H26N2O. The van der Waals surface area contributed by atoms with Crippen LogP contribution in [-0.4, -0.2) is 29.9 Å². The van der Waals surface area contributed by atoms with Crippen LogP contribution in [0, 0.1) is 11.8 Å². The molecule has 17 heavy (non-hydrogen) atoms. The number of carbonyl (C=O) groups excluding carboxylic acids is 1. The maximum Gasteiger partial charge on any atom is 0.225 e. The van der Waals surface area contributed by atoms with Crippen molar-refractivity contribution >= 4 is 5.91 Å². The number of nitrogens with two attached hydrogens (primary N) is 1. The van der Waals surface area contributed by atoms with Gasteiger partial charge in [0.1, 0.15) is 0 Å². The predicted molar refractivity (Wildman–Crippen MR) is 69.5 cm³/mol. The van der Waals surface area contributed by atoms with Crippen LogP contribution < -0.4 is 5.73 Å². The molecule has 1 amide bonds. The highest BCUT2D eigenvalue weighted by molar-refractivity contribution is 5.79. The average Bonchev–Trinajstić information content (AvgIpc) is 2.38. The van der Waals surface area contributed by atoms with Crippen molar-refractivity contribution in [1.82, 2.24) is 4.90 Å². The molecule has 0 bridgehead atoms. The number of piperidine rings is 1. The highest BCUT2D eigenvalue weighted by atomic mass is 16.2. The van der Waals surface area contributed by atoms with Crippen LogP contribution in [0.1, 0.15) is 51.9 Å². The molecule has 2 aliphatic rings. The third-order valence-electron chi connectivity index (χ3n) is 4.55. The fourth-order valence-corrected chi connectivity index (χ4v) is 3.39. The summed E-state index contributed by atoms with van der Waals surface area (Å²) in [6.07, 6.45) is 8.15. The third-order valence-corrected chi connectivity index (χ3v) is 4.55. The van der Waals surface area contributed by atoms with Crippen LogP contribution in [0.3, 0.4) is 0 Å². The SMILES string of the molecule is CC1CCCCN1C(=O)C1CCCC(CN)C1. The van der Waals surface area contributed by atoms with Gasteiger partial charge in [0.05, 0.1) is 0 Å². The largest absolute Gasteiger partial charge is 0.340 e. The summed E-state index contributed by atoms with van der Waals surface area (Å²) in [5.74, 6) is 1.26. The molecular weight excluding hydrogens is 212 g/mol. The average molecular weight is 238 g/mol. The van der Waals surface area contributed by atoms with Crippen molar-refractivity contribution in [3.63, 3.8) is 0 Å². The van der Waals surface area contributed by atoms with Gasteiger partial charge in [-0.3, -0.25) is 4.79 Å². The first-order valence-corrected chi connectivity index (χ1v) is 7.23. The van der Waals surface area contributed by atoms with Gasteiger partial charge in [0, 0.05) is 18.5 Å². The Hall–Kier alpha value is -0.570. The van der Waals surface area contributed by atoms with Gasteiger partial charge < -0.3 is 10.6 Å². The van der Waals surface area contributed by atoms with Crippen molar-refractivity contribution in [3.8, 4) is 0 Å². The Balaban J connectivity index is 1.93. The molecule has 98 valence electrons. The van der Waals surface area contributed by atoms with Gasteiger partial charge in [-0.25, -0.2) is 0 Å². The molecule has 1 aliphatic heterocycles. The number of amides is 1. The highest BCUT2D eigenvalue weighted by Gasteiger charge is 2.32. The monoisotopic (exact) mass is 238 g/mol. The molecule has 3 heteroatoms. The lowest BCUT2D eigenvalue weighted by molar-refractivity contribution is -0.140. The quantitative estimate of drug-likeness (QED) is 0.801. The molecule has 3 unspecified atom stereocenters. The molecule has 0 aromatic heterocycles. The highest BCUT2D eigenvalue weighted by Crippen LogP contribution is 2.31. The van der Waals surface area contributed by atoms with Crippen molar-refractivity contribution in [1.29, 1.82) is 0 Å². The number of rotatable bonds is 2. The lowest BCUT2D eigenvalue weighted by atomic mass is 9.80. The van der Waals surface area contributed by atoms with Crippen molar-refractivity contribution in [2.24, 2.45) is 17.6 Å². The fourth-order valence-electron chi connectivity index (χ4n) is 3.39. The van der Waals surface area contributed by atoms with Gasteiger partial charge in [0.15, 0.2) is 0 Å². The standard InChI is InChI=1S/C14H26N2O/c1-11-5-2-3-8-16(11)14(17)13-7-4-6-12(9-13)10-15/h11-13H,2-10,15H2,1H3. The number of carbonyl (C=O) groups is 1.